The first-order chi connectivity index (χ1) is 9.12. The molecule has 0 aliphatic carbocycles. The topological polar surface area (TPSA) is 35.5 Å². The van der Waals surface area contributed by atoms with Crippen molar-refractivity contribution >= 4 is 16.8 Å². The fourth-order valence-electron chi connectivity index (χ4n) is 2.31. The van der Waals surface area contributed by atoms with E-state index in [-0.39, 0.29) is 29.8 Å². The largest absolute Gasteiger partial charge is 0.344 e. The van der Waals surface area contributed by atoms with Crippen LogP contribution in [0.15, 0.2) is 12.2 Å². The maximum Gasteiger partial charge on any atom is 0.224 e. The maximum atomic E-state index is 11.1. The minimum absolute atomic E-state index is 0.136. The summed E-state index contributed by atoms with van der Waals surface area (Å²) < 4.78 is 11.7. The first-order valence-corrected chi connectivity index (χ1v) is 7.72. The molecular weight excluding hydrogens is 276 g/mol. The van der Waals surface area contributed by atoms with Crippen molar-refractivity contribution in [3.63, 3.8) is 0 Å². The zero-order valence-electron chi connectivity index (χ0n) is 13.4. The smallest absolute Gasteiger partial charge is 0.224 e. The molecule has 1 fully saturated rings. The molecule has 0 aromatic rings. The highest BCUT2D eigenvalue weighted by Crippen LogP contribution is 2.34. The van der Waals surface area contributed by atoms with E-state index in [1.807, 2.05) is 13.8 Å². The number of hydrogen-bond donors (Lipinski definition) is 0. The molecule has 0 aromatic heterocycles. The molecule has 0 radical (unpaired) electrons. The molecular formula is C16H27ClO3. The van der Waals surface area contributed by atoms with E-state index in [0.717, 1.165) is 0 Å². The number of carbonyl (C=O) groups excluding carboxylic acids is 1. The summed E-state index contributed by atoms with van der Waals surface area (Å²) in [6.45, 7) is 12.4. The number of rotatable bonds is 6. The number of carbonyl (C=O) groups is 1. The molecule has 1 unspecified atom stereocenters. The maximum absolute atomic E-state index is 11.1. The number of ether oxygens (including phenoxy) is 2. The van der Waals surface area contributed by atoms with Crippen LogP contribution in [0.5, 0.6) is 0 Å². The second-order valence-electron chi connectivity index (χ2n) is 6.54. The minimum atomic E-state index is -0.659. The molecule has 0 aromatic carbocycles. The number of hydrogen-bond acceptors (Lipinski definition) is 3. The first-order valence-electron chi connectivity index (χ1n) is 7.34. The molecule has 116 valence electrons. The van der Waals surface area contributed by atoms with E-state index in [1.165, 1.54) is 0 Å². The first kappa shape index (κ1) is 17.7. The zero-order valence-corrected chi connectivity index (χ0v) is 14.1. The fraction of sp³-hybridized carbons (Fsp3) is 0.812. The van der Waals surface area contributed by atoms with Gasteiger partial charge in [-0.05, 0) is 37.3 Å². The van der Waals surface area contributed by atoms with Gasteiger partial charge in [0.15, 0.2) is 5.79 Å². The van der Waals surface area contributed by atoms with Gasteiger partial charge >= 0.3 is 0 Å². The van der Waals surface area contributed by atoms with E-state index in [4.69, 9.17) is 21.1 Å². The summed E-state index contributed by atoms with van der Waals surface area (Å²) in [6, 6.07) is 0. The molecule has 0 bridgehead atoms. The van der Waals surface area contributed by atoms with Crippen LogP contribution in [0.4, 0.5) is 0 Å². The third-order valence-corrected chi connectivity index (χ3v) is 4.03. The normalized spacial score (nSPS) is 29.0. The second-order valence-corrected chi connectivity index (χ2v) is 6.97. The van der Waals surface area contributed by atoms with E-state index in [9.17, 15) is 4.79 Å². The summed E-state index contributed by atoms with van der Waals surface area (Å²) in [5.41, 5.74) is 0. The Balaban J connectivity index is 2.73. The van der Waals surface area contributed by atoms with Crippen LogP contribution in [0, 0.1) is 17.8 Å². The van der Waals surface area contributed by atoms with Gasteiger partial charge < -0.3 is 9.47 Å². The second kappa shape index (κ2) is 7.06. The van der Waals surface area contributed by atoms with Gasteiger partial charge in [0.25, 0.3) is 0 Å². The zero-order chi connectivity index (χ0) is 15.5. The summed E-state index contributed by atoms with van der Waals surface area (Å²) in [4.78, 5) is 11.1. The van der Waals surface area contributed by atoms with Crippen molar-refractivity contribution in [1.82, 2.24) is 0 Å². The van der Waals surface area contributed by atoms with Gasteiger partial charge in [-0.2, -0.15) is 0 Å². The van der Waals surface area contributed by atoms with E-state index in [0.29, 0.717) is 11.8 Å². The average Bonchev–Trinajstić information content (AvgIpc) is 2.59. The molecule has 0 N–H and O–H groups in total. The van der Waals surface area contributed by atoms with Crippen LogP contribution >= 0.6 is 11.6 Å². The van der Waals surface area contributed by atoms with Crippen LogP contribution in [0.1, 0.15) is 48.0 Å². The summed E-state index contributed by atoms with van der Waals surface area (Å²) in [5, 5.41) is -0.381. The molecule has 4 heteroatoms. The van der Waals surface area contributed by atoms with Gasteiger partial charge in [0.2, 0.25) is 5.24 Å². The summed E-state index contributed by atoms with van der Waals surface area (Å²) in [5.74, 6) is 0.642. The third kappa shape index (κ3) is 5.19. The predicted molar refractivity (Wildman–Crippen MR) is 81.6 cm³/mol. The molecule has 20 heavy (non-hydrogen) atoms. The lowest BCUT2D eigenvalue weighted by Crippen LogP contribution is -2.30. The summed E-state index contributed by atoms with van der Waals surface area (Å²) in [6.07, 6.45) is 4.15. The van der Waals surface area contributed by atoms with Crippen molar-refractivity contribution in [1.29, 1.82) is 0 Å². The van der Waals surface area contributed by atoms with E-state index in [1.54, 1.807) is 0 Å². The van der Waals surface area contributed by atoms with Crippen molar-refractivity contribution in [2.75, 3.05) is 0 Å². The molecule has 1 heterocycles. The average molecular weight is 303 g/mol. The molecule has 1 aliphatic heterocycles. The van der Waals surface area contributed by atoms with Gasteiger partial charge in [0.1, 0.15) is 0 Å². The standard InChI is InChI=1S/C16H27ClO3/c1-10(2)11(3)7-8-12(4)15-13(9-14(17)18)19-16(5,6)20-15/h7-8,10-13,15H,9H2,1-6H3/b8-7-/t11-,12?,13-,15+/m0/s1. The molecule has 4 atom stereocenters. The minimum Gasteiger partial charge on any atom is -0.344 e. The lowest BCUT2D eigenvalue weighted by atomic mass is 9.93. The third-order valence-electron chi connectivity index (χ3n) is 3.87. The Labute approximate surface area is 127 Å². The summed E-state index contributed by atoms with van der Waals surface area (Å²) in [7, 11) is 0. The van der Waals surface area contributed by atoms with Crippen molar-refractivity contribution in [3.8, 4) is 0 Å². The van der Waals surface area contributed by atoms with Crippen molar-refractivity contribution in [2.45, 2.75) is 66.0 Å². The van der Waals surface area contributed by atoms with Gasteiger partial charge in [-0.1, -0.05) is 39.8 Å². The molecule has 1 aliphatic rings. The molecule has 0 amide bonds. The van der Waals surface area contributed by atoms with E-state index >= 15 is 0 Å². The van der Waals surface area contributed by atoms with Crippen molar-refractivity contribution in [2.24, 2.45) is 17.8 Å². The van der Waals surface area contributed by atoms with Crippen LogP contribution in [0.2, 0.25) is 0 Å². The highest BCUT2D eigenvalue weighted by molar-refractivity contribution is 6.63. The Bertz CT molecular complexity index is 363. The highest BCUT2D eigenvalue weighted by atomic mass is 35.5. The van der Waals surface area contributed by atoms with Gasteiger partial charge in [-0.25, -0.2) is 0 Å². The predicted octanol–water partition coefficient (Wildman–Crippen LogP) is 4.15. The number of allylic oxidation sites excluding steroid dienone is 1. The van der Waals surface area contributed by atoms with E-state index in [2.05, 4.69) is 39.8 Å². The van der Waals surface area contributed by atoms with Crippen LogP contribution < -0.4 is 0 Å². The Hall–Kier alpha value is -0.380. The Morgan fingerprint density at radius 1 is 1.20 bits per heavy atom. The van der Waals surface area contributed by atoms with Crippen molar-refractivity contribution < 1.29 is 14.3 Å². The highest BCUT2D eigenvalue weighted by Gasteiger charge is 2.43. The molecule has 0 saturated carbocycles. The number of halogens is 1. The summed E-state index contributed by atoms with van der Waals surface area (Å²) >= 11 is 5.50. The Morgan fingerprint density at radius 2 is 1.80 bits per heavy atom. The van der Waals surface area contributed by atoms with Crippen LogP contribution in [0.25, 0.3) is 0 Å². The van der Waals surface area contributed by atoms with Gasteiger partial charge in [0.05, 0.1) is 18.6 Å². The van der Waals surface area contributed by atoms with Gasteiger partial charge in [0, 0.05) is 5.92 Å². The van der Waals surface area contributed by atoms with Gasteiger partial charge in [-0.3, -0.25) is 4.79 Å². The van der Waals surface area contributed by atoms with Gasteiger partial charge in [-0.15, -0.1) is 0 Å². The quantitative estimate of drug-likeness (QED) is 0.546. The molecule has 0 spiro atoms. The Kier molecular flexibility index (Phi) is 6.24. The molecule has 1 rings (SSSR count). The van der Waals surface area contributed by atoms with Crippen molar-refractivity contribution in [3.05, 3.63) is 12.2 Å². The molecule has 1 saturated heterocycles. The lowest BCUT2D eigenvalue weighted by Gasteiger charge is -2.21. The van der Waals surface area contributed by atoms with Crippen LogP contribution in [-0.4, -0.2) is 23.2 Å². The fourth-order valence-corrected chi connectivity index (χ4v) is 2.46. The lowest BCUT2D eigenvalue weighted by molar-refractivity contribution is -0.149. The SMILES string of the molecule is CC(/C=C\[C@H](C)C(C)C)[C@H]1OC(C)(C)O[C@H]1CC(=O)Cl. The van der Waals surface area contributed by atoms with E-state index < -0.39 is 5.79 Å². The molecule has 3 nitrogen and oxygen atoms in total. The monoisotopic (exact) mass is 302 g/mol. The Morgan fingerprint density at radius 3 is 2.30 bits per heavy atom. The van der Waals surface area contributed by atoms with Crippen LogP contribution in [-0.2, 0) is 14.3 Å². The van der Waals surface area contributed by atoms with Crippen LogP contribution in [0.3, 0.4) is 0 Å².